The number of nitrogens with zero attached hydrogens (tertiary/aromatic N) is 1. The molecule has 0 saturated heterocycles. The Hall–Kier alpha value is -2.35. The van der Waals surface area contributed by atoms with E-state index in [1.54, 1.807) is 25.1 Å². The van der Waals surface area contributed by atoms with E-state index >= 15 is 0 Å². The maximum atomic E-state index is 12.2. The third-order valence-electron chi connectivity index (χ3n) is 2.72. The van der Waals surface area contributed by atoms with Crippen LogP contribution < -0.4 is 10.0 Å². The SMILES string of the molecule is CNC(=O)c1ccccc1NS(=O)(=O)c1cn[nH]c1C. The lowest BCUT2D eigenvalue weighted by Crippen LogP contribution is -2.21. The van der Waals surface area contributed by atoms with Crippen LogP contribution in [-0.2, 0) is 10.0 Å². The van der Waals surface area contributed by atoms with Crippen LogP contribution in [0, 0.1) is 6.92 Å². The van der Waals surface area contributed by atoms with E-state index < -0.39 is 10.0 Å². The number of benzene rings is 1. The summed E-state index contributed by atoms with van der Waals surface area (Å²) < 4.78 is 26.9. The monoisotopic (exact) mass is 294 g/mol. The molecular formula is C12H14N4O3S. The average molecular weight is 294 g/mol. The summed E-state index contributed by atoms with van der Waals surface area (Å²) >= 11 is 0. The van der Waals surface area contributed by atoms with Crippen LogP contribution in [0.15, 0.2) is 35.4 Å². The Morgan fingerprint density at radius 2 is 2.00 bits per heavy atom. The first-order chi connectivity index (χ1) is 9.45. The third-order valence-corrected chi connectivity index (χ3v) is 4.20. The van der Waals surface area contributed by atoms with Gasteiger partial charge in [-0.25, -0.2) is 8.42 Å². The minimum atomic E-state index is -3.79. The molecule has 20 heavy (non-hydrogen) atoms. The summed E-state index contributed by atoms with van der Waals surface area (Å²) in [5.41, 5.74) is 0.891. The van der Waals surface area contributed by atoms with Crippen LogP contribution in [0.1, 0.15) is 16.1 Å². The van der Waals surface area contributed by atoms with E-state index in [1.807, 2.05) is 0 Å². The summed E-state index contributed by atoms with van der Waals surface area (Å²) in [5, 5.41) is 8.70. The molecular weight excluding hydrogens is 280 g/mol. The number of carbonyl (C=O) groups is 1. The Morgan fingerprint density at radius 1 is 1.30 bits per heavy atom. The molecule has 0 unspecified atom stereocenters. The Morgan fingerprint density at radius 3 is 2.60 bits per heavy atom. The fourth-order valence-corrected chi connectivity index (χ4v) is 2.93. The van der Waals surface area contributed by atoms with Crippen molar-refractivity contribution in [2.45, 2.75) is 11.8 Å². The molecule has 0 atom stereocenters. The van der Waals surface area contributed by atoms with Crippen molar-refractivity contribution < 1.29 is 13.2 Å². The minimum absolute atomic E-state index is 0.0456. The third kappa shape index (κ3) is 2.64. The van der Waals surface area contributed by atoms with Gasteiger partial charge < -0.3 is 5.32 Å². The molecule has 1 aromatic heterocycles. The molecule has 3 N–H and O–H groups in total. The van der Waals surface area contributed by atoms with E-state index in [0.717, 1.165) is 0 Å². The van der Waals surface area contributed by atoms with E-state index in [4.69, 9.17) is 0 Å². The Balaban J connectivity index is 2.41. The van der Waals surface area contributed by atoms with Crippen molar-refractivity contribution >= 4 is 21.6 Å². The average Bonchev–Trinajstić information content (AvgIpc) is 2.85. The van der Waals surface area contributed by atoms with Gasteiger partial charge in [0, 0.05) is 7.05 Å². The predicted octanol–water partition coefficient (Wildman–Crippen LogP) is 0.879. The molecule has 0 aliphatic heterocycles. The molecule has 8 heteroatoms. The van der Waals surface area contributed by atoms with Crippen LogP contribution in [0.3, 0.4) is 0 Å². The highest BCUT2D eigenvalue weighted by Gasteiger charge is 2.21. The van der Waals surface area contributed by atoms with Crippen molar-refractivity contribution in [3.05, 3.63) is 41.7 Å². The summed E-state index contributed by atoms with van der Waals surface area (Å²) in [6.07, 6.45) is 1.22. The number of amides is 1. The summed E-state index contributed by atoms with van der Waals surface area (Å²) in [7, 11) is -2.31. The molecule has 0 spiro atoms. The zero-order valence-corrected chi connectivity index (χ0v) is 11.8. The molecule has 0 bridgehead atoms. The fourth-order valence-electron chi connectivity index (χ4n) is 1.72. The second kappa shape index (κ2) is 5.33. The second-order valence-corrected chi connectivity index (χ2v) is 5.74. The first-order valence-electron chi connectivity index (χ1n) is 5.79. The van der Waals surface area contributed by atoms with Crippen LogP contribution in [0.2, 0.25) is 0 Å². The van der Waals surface area contributed by atoms with Gasteiger partial charge in [0.05, 0.1) is 23.1 Å². The number of aromatic nitrogens is 2. The van der Waals surface area contributed by atoms with Crippen LogP contribution in [0.5, 0.6) is 0 Å². The largest absolute Gasteiger partial charge is 0.355 e. The summed E-state index contributed by atoms with van der Waals surface area (Å²) in [4.78, 5) is 11.8. The van der Waals surface area contributed by atoms with E-state index in [-0.39, 0.29) is 22.1 Å². The van der Waals surface area contributed by atoms with E-state index in [2.05, 4.69) is 20.2 Å². The highest BCUT2D eigenvalue weighted by atomic mass is 32.2. The molecule has 0 fully saturated rings. The molecule has 7 nitrogen and oxygen atoms in total. The van der Waals surface area contributed by atoms with Gasteiger partial charge in [-0.1, -0.05) is 12.1 Å². The van der Waals surface area contributed by atoms with Crippen molar-refractivity contribution in [2.75, 3.05) is 11.8 Å². The van der Waals surface area contributed by atoms with Gasteiger partial charge in [-0.2, -0.15) is 5.10 Å². The van der Waals surface area contributed by atoms with Gasteiger partial charge in [0.2, 0.25) is 0 Å². The topological polar surface area (TPSA) is 104 Å². The molecule has 0 aliphatic rings. The van der Waals surface area contributed by atoms with Gasteiger partial charge in [0.15, 0.2) is 0 Å². The van der Waals surface area contributed by atoms with Gasteiger partial charge in [-0.15, -0.1) is 0 Å². The van der Waals surface area contributed by atoms with Crippen molar-refractivity contribution in [2.24, 2.45) is 0 Å². The molecule has 1 aromatic carbocycles. The Bertz CT molecular complexity index is 737. The summed E-state index contributed by atoms with van der Waals surface area (Å²) in [6.45, 7) is 1.60. The fraction of sp³-hybridized carbons (Fsp3) is 0.167. The zero-order valence-electron chi connectivity index (χ0n) is 11.0. The normalized spacial score (nSPS) is 11.1. The number of sulfonamides is 1. The first-order valence-corrected chi connectivity index (χ1v) is 7.28. The van der Waals surface area contributed by atoms with Crippen molar-refractivity contribution in [1.82, 2.24) is 15.5 Å². The molecule has 2 aromatic rings. The smallest absolute Gasteiger partial charge is 0.265 e. The highest BCUT2D eigenvalue weighted by Crippen LogP contribution is 2.20. The number of para-hydroxylation sites is 1. The first kappa shape index (κ1) is 14.1. The molecule has 0 aliphatic carbocycles. The lowest BCUT2D eigenvalue weighted by atomic mass is 10.2. The molecule has 1 heterocycles. The summed E-state index contributed by atoms with van der Waals surface area (Å²) in [6, 6.07) is 6.37. The van der Waals surface area contributed by atoms with Crippen molar-refractivity contribution in [3.63, 3.8) is 0 Å². The number of rotatable bonds is 4. The van der Waals surface area contributed by atoms with Gasteiger partial charge in [0.25, 0.3) is 15.9 Å². The van der Waals surface area contributed by atoms with Crippen molar-refractivity contribution in [1.29, 1.82) is 0 Å². The standard InChI is InChI=1S/C12H14N4O3S/c1-8-11(7-14-15-8)20(18,19)16-10-6-4-3-5-9(10)12(17)13-2/h3-7,16H,1-2H3,(H,13,17)(H,14,15). The highest BCUT2D eigenvalue weighted by molar-refractivity contribution is 7.92. The Kier molecular flexibility index (Phi) is 3.75. The maximum absolute atomic E-state index is 12.2. The maximum Gasteiger partial charge on any atom is 0.265 e. The molecule has 0 saturated carbocycles. The number of nitrogens with one attached hydrogen (secondary N) is 3. The van der Waals surface area contributed by atoms with Gasteiger partial charge in [-0.05, 0) is 19.1 Å². The molecule has 106 valence electrons. The van der Waals surface area contributed by atoms with Crippen molar-refractivity contribution in [3.8, 4) is 0 Å². The van der Waals surface area contributed by atoms with Crippen LogP contribution in [0.4, 0.5) is 5.69 Å². The Labute approximate surface area is 116 Å². The summed E-state index contributed by atoms with van der Waals surface area (Å²) in [5.74, 6) is -0.368. The van der Waals surface area contributed by atoms with E-state index in [9.17, 15) is 13.2 Å². The quantitative estimate of drug-likeness (QED) is 0.778. The lowest BCUT2D eigenvalue weighted by Gasteiger charge is -2.11. The predicted molar refractivity (Wildman–Crippen MR) is 74.0 cm³/mol. The van der Waals surface area contributed by atoms with Gasteiger partial charge in [-0.3, -0.25) is 14.6 Å². The number of aryl methyl sites for hydroxylation is 1. The van der Waals surface area contributed by atoms with Gasteiger partial charge >= 0.3 is 0 Å². The van der Waals surface area contributed by atoms with Crippen LogP contribution in [0.25, 0.3) is 0 Å². The molecule has 2 rings (SSSR count). The number of hydrogen-bond donors (Lipinski definition) is 3. The molecule has 1 amide bonds. The number of hydrogen-bond acceptors (Lipinski definition) is 4. The number of carbonyl (C=O) groups excluding carboxylic acids is 1. The lowest BCUT2D eigenvalue weighted by molar-refractivity contribution is 0.0964. The zero-order chi connectivity index (χ0) is 14.8. The van der Waals surface area contributed by atoms with E-state index in [0.29, 0.717) is 5.69 Å². The number of aromatic amines is 1. The molecule has 0 radical (unpaired) electrons. The number of anilines is 1. The second-order valence-electron chi connectivity index (χ2n) is 4.09. The van der Waals surface area contributed by atoms with Gasteiger partial charge in [0.1, 0.15) is 4.90 Å². The number of H-pyrrole nitrogens is 1. The van der Waals surface area contributed by atoms with E-state index in [1.165, 1.54) is 19.3 Å². The minimum Gasteiger partial charge on any atom is -0.355 e. The van der Waals surface area contributed by atoms with Crippen LogP contribution >= 0.6 is 0 Å². The van der Waals surface area contributed by atoms with Crippen LogP contribution in [-0.4, -0.2) is 31.6 Å².